The Hall–Kier alpha value is -4.68. The van der Waals surface area contributed by atoms with Gasteiger partial charge in [-0.2, -0.15) is 4.31 Å². The minimum absolute atomic E-state index is 0.276. The van der Waals surface area contributed by atoms with E-state index in [0.29, 0.717) is 0 Å². The number of phosphoric acid groups is 2. The molecule has 0 aromatic heterocycles. The lowest BCUT2D eigenvalue weighted by atomic mass is 10.0. The molecule has 0 spiro atoms. The van der Waals surface area contributed by atoms with Gasteiger partial charge in [0, 0.05) is 0 Å². The summed E-state index contributed by atoms with van der Waals surface area (Å²) in [6.45, 7) is 44.8. The van der Waals surface area contributed by atoms with Crippen LogP contribution in [0.3, 0.4) is 0 Å². The standard InChI is InChI=1S/C95H156O7P2/c1-77(2)39-21-40-78(3)41-22-42-79(4)43-23-44-80(5)45-24-46-81(6)47-25-48-82(7)49-26-50-83(8)51-27-52-84(9)53-28-54-85(10)55-29-56-86(11)57-30-58-87(12)59-31-60-88(13)61-32-62-89(14)63-33-64-90(15)65-34-66-91(16)67-35-68-92(17)69-36-70-93(18)71-37-72-94(19)73-38-74-95(20)75-76-101-104(99,100)102-103(96,97)98/h39,41,43,45,47,49,51,53,55,57,59,61,63,65,67,69,71,73,75H,21-38,40,42,44,46,48,50,52,54,56,58,60,62,64,66,68,70,72,74,76H2,1-20H3,(H,99,100)(H2,96,97,98). The highest BCUT2D eigenvalue weighted by molar-refractivity contribution is 7.60. The van der Waals surface area contributed by atoms with Crippen LogP contribution in [0.4, 0.5) is 0 Å². The molecule has 0 aromatic rings. The van der Waals surface area contributed by atoms with Gasteiger partial charge in [0.2, 0.25) is 0 Å². The summed E-state index contributed by atoms with van der Waals surface area (Å²) in [5.41, 5.74) is 27.8. The average Bonchev–Trinajstić information content (AvgIpc) is 0.886. The first kappa shape index (κ1) is 99.3. The van der Waals surface area contributed by atoms with Gasteiger partial charge in [-0.25, -0.2) is 9.13 Å². The molecule has 0 rings (SSSR count). The van der Waals surface area contributed by atoms with Gasteiger partial charge < -0.3 is 14.7 Å². The highest BCUT2D eigenvalue weighted by Crippen LogP contribution is 2.57. The number of hydrogen-bond acceptors (Lipinski definition) is 4. The number of rotatable bonds is 59. The van der Waals surface area contributed by atoms with Gasteiger partial charge in [-0.15, -0.1) is 0 Å². The predicted molar refractivity (Wildman–Crippen MR) is 462 cm³/mol. The molecule has 0 bridgehead atoms. The van der Waals surface area contributed by atoms with Crippen LogP contribution in [0.15, 0.2) is 221 Å². The Morgan fingerprint density at radius 3 is 0.433 bits per heavy atom. The number of phosphoric ester groups is 1. The van der Waals surface area contributed by atoms with Crippen LogP contribution in [0.2, 0.25) is 0 Å². The Bertz CT molecular complexity index is 3170. The third-order valence-corrected chi connectivity index (χ3v) is 21.7. The summed E-state index contributed by atoms with van der Waals surface area (Å²) in [6, 6.07) is 0. The normalized spacial score (nSPS) is 15.8. The van der Waals surface area contributed by atoms with E-state index in [-0.39, 0.29) is 6.61 Å². The maximum absolute atomic E-state index is 11.6. The van der Waals surface area contributed by atoms with Crippen molar-refractivity contribution in [3.63, 3.8) is 0 Å². The van der Waals surface area contributed by atoms with Crippen molar-refractivity contribution in [2.45, 2.75) is 370 Å². The van der Waals surface area contributed by atoms with Crippen molar-refractivity contribution in [1.82, 2.24) is 0 Å². The van der Waals surface area contributed by atoms with Gasteiger partial charge in [0.1, 0.15) is 0 Å². The van der Waals surface area contributed by atoms with Gasteiger partial charge in [0.05, 0.1) is 6.61 Å². The second-order valence-electron chi connectivity index (χ2n) is 31.2. The van der Waals surface area contributed by atoms with Crippen molar-refractivity contribution in [1.29, 1.82) is 0 Å². The van der Waals surface area contributed by atoms with E-state index in [0.717, 1.165) is 205 Å². The zero-order chi connectivity index (χ0) is 78.0. The molecule has 0 fully saturated rings. The minimum atomic E-state index is -5.12. The predicted octanol–water partition coefficient (Wildman–Crippen LogP) is 32.3. The van der Waals surface area contributed by atoms with E-state index in [1.165, 1.54) is 132 Å². The van der Waals surface area contributed by atoms with E-state index in [1.807, 2.05) is 6.92 Å². The average molecular weight is 1470 g/mol. The molecule has 588 valence electrons. The molecular weight excluding hydrogens is 1310 g/mol. The molecule has 0 saturated carbocycles. The van der Waals surface area contributed by atoms with Crippen molar-refractivity contribution in [2.75, 3.05) is 6.61 Å². The topological polar surface area (TPSA) is 113 Å². The molecule has 104 heavy (non-hydrogen) atoms. The first-order chi connectivity index (χ1) is 49.2. The second kappa shape index (κ2) is 62.2. The first-order valence-electron chi connectivity index (χ1n) is 40.4. The SMILES string of the molecule is CC(C)=CCCC(C)=CCCC(C)=CCCC(C)=CCCC(C)=CCCC(C)=CCCC(C)=CCCC(C)=CCCC(C)=CCCC(C)=CCCC(C)=CCCC(C)=CCCC(C)=CCCC(C)=CCCC(C)=CCCC(C)=CCCC(C)=CCCC(C)=CCCC(C)=CCOP(=O)(O)OP(=O)(O)O. The van der Waals surface area contributed by atoms with Crippen LogP contribution in [0.25, 0.3) is 0 Å². The summed E-state index contributed by atoms with van der Waals surface area (Å²) in [7, 11) is -9.94. The summed E-state index contributed by atoms with van der Waals surface area (Å²) in [6.07, 6.45) is 85.5. The van der Waals surface area contributed by atoms with Crippen molar-refractivity contribution in [3.8, 4) is 0 Å². The Kier molecular flexibility index (Phi) is 59.4. The van der Waals surface area contributed by atoms with Gasteiger partial charge in [-0.1, -0.05) is 221 Å². The lowest BCUT2D eigenvalue weighted by Gasteiger charge is -2.11. The van der Waals surface area contributed by atoms with Crippen LogP contribution < -0.4 is 0 Å². The molecule has 0 heterocycles. The van der Waals surface area contributed by atoms with Crippen LogP contribution >= 0.6 is 15.6 Å². The molecule has 0 aliphatic heterocycles. The summed E-state index contributed by atoms with van der Waals surface area (Å²) >= 11 is 0. The van der Waals surface area contributed by atoms with E-state index in [4.69, 9.17) is 9.79 Å². The Morgan fingerprint density at radius 1 is 0.202 bits per heavy atom. The Balaban J connectivity index is 4.37. The molecule has 3 N–H and O–H groups in total. The zero-order valence-corrected chi connectivity index (χ0v) is 72.3. The van der Waals surface area contributed by atoms with Gasteiger partial charge >= 0.3 is 15.6 Å². The third-order valence-electron chi connectivity index (χ3n) is 19.5. The molecule has 0 saturated heterocycles. The summed E-state index contributed by atoms with van der Waals surface area (Å²) in [5, 5.41) is 0. The van der Waals surface area contributed by atoms with Crippen LogP contribution in [0.1, 0.15) is 370 Å². The highest BCUT2D eigenvalue weighted by Gasteiger charge is 2.32. The fraction of sp³-hybridized carbons (Fsp3) is 0.600. The maximum Gasteiger partial charge on any atom is 0.481 e. The van der Waals surface area contributed by atoms with Crippen molar-refractivity contribution >= 4 is 15.6 Å². The minimum Gasteiger partial charge on any atom is -0.302 e. The van der Waals surface area contributed by atoms with E-state index in [2.05, 4.69) is 250 Å². The van der Waals surface area contributed by atoms with Gasteiger partial charge in [-0.05, 0) is 370 Å². The second-order valence-corrected chi connectivity index (χ2v) is 34.1. The zero-order valence-electron chi connectivity index (χ0n) is 70.5. The Morgan fingerprint density at radius 2 is 0.317 bits per heavy atom. The fourth-order valence-corrected chi connectivity index (χ4v) is 13.7. The van der Waals surface area contributed by atoms with Crippen molar-refractivity contribution in [3.05, 3.63) is 221 Å². The van der Waals surface area contributed by atoms with Crippen molar-refractivity contribution in [2.24, 2.45) is 0 Å². The summed E-state index contributed by atoms with van der Waals surface area (Å²) in [5.74, 6) is 0. The first-order valence-corrected chi connectivity index (χ1v) is 43.4. The van der Waals surface area contributed by atoms with Crippen LogP contribution in [-0.2, 0) is 18.0 Å². The monoisotopic (exact) mass is 1470 g/mol. The van der Waals surface area contributed by atoms with E-state index >= 15 is 0 Å². The van der Waals surface area contributed by atoms with E-state index in [1.54, 1.807) is 6.08 Å². The molecule has 0 amide bonds. The highest BCUT2D eigenvalue weighted by atomic mass is 31.3. The number of hydrogen-bond donors (Lipinski definition) is 3. The van der Waals surface area contributed by atoms with Gasteiger partial charge in [0.15, 0.2) is 0 Å². The molecule has 0 aliphatic rings. The van der Waals surface area contributed by atoms with E-state index < -0.39 is 15.6 Å². The molecule has 1 atom stereocenters. The molecule has 9 heteroatoms. The van der Waals surface area contributed by atoms with Crippen LogP contribution in [-0.4, -0.2) is 21.3 Å². The maximum atomic E-state index is 11.6. The van der Waals surface area contributed by atoms with Gasteiger partial charge in [0.25, 0.3) is 0 Å². The van der Waals surface area contributed by atoms with Crippen LogP contribution in [0, 0.1) is 0 Å². The van der Waals surface area contributed by atoms with E-state index in [9.17, 15) is 14.0 Å². The van der Waals surface area contributed by atoms with Crippen LogP contribution in [0.5, 0.6) is 0 Å². The number of allylic oxidation sites excluding steroid dienone is 37. The molecule has 0 aromatic carbocycles. The lowest BCUT2D eigenvalue weighted by Crippen LogP contribution is -1.94. The molecular formula is C95H156O7P2. The van der Waals surface area contributed by atoms with Gasteiger partial charge in [-0.3, -0.25) is 4.52 Å². The van der Waals surface area contributed by atoms with Crippen molar-refractivity contribution < 1.29 is 32.6 Å². The summed E-state index contributed by atoms with van der Waals surface area (Å²) in [4.78, 5) is 26.8. The lowest BCUT2D eigenvalue weighted by molar-refractivity contribution is 0.191. The molecule has 1 unspecified atom stereocenters. The largest absolute Gasteiger partial charge is 0.481 e. The Labute approximate surface area is 642 Å². The molecule has 7 nitrogen and oxygen atoms in total. The molecule has 0 radical (unpaired) electrons. The fourth-order valence-electron chi connectivity index (χ4n) is 12.1. The quantitative estimate of drug-likeness (QED) is 0.0411. The molecule has 0 aliphatic carbocycles. The smallest absolute Gasteiger partial charge is 0.302 e. The third kappa shape index (κ3) is 66.7. The summed E-state index contributed by atoms with van der Waals surface area (Å²) < 4.78 is 30.8.